The van der Waals surface area contributed by atoms with E-state index in [0.29, 0.717) is 6.04 Å². The molecule has 0 aliphatic rings. The molecule has 0 amide bonds. The smallest absolute Gasteiger partial charge is 0.138 e. The molecular formula is C15H18Br3N3. The van der Waals surface area contributed by atoms with Crippen LogP contribution in [0.2, 0.25) is 0 Å². The predicted octanol–water partition coefficient (Wildman–Crippen LogP) is 4.89. The molecule has 1 aromatic heterocycles. The number of hydrogen-bond donors (Lipinski definition) is 0. The number of alkyl halides is 2. The number of benzene rings is 1. The number of rotatable bonds is 6. The Balaban J connectivity index is 2.38. The van der Waals surface area contributed by atoms with Crippen molar-refractivity contribution in [1.29, 1.82) is 0 Å². The summed E-state index contributed by atoms with van der Waals surface area (Å²) in [6.45, 7) is 4.25. The van der Waals surface area contributed by atoms with E-state index in [9.17, 15) is 0 Å². The van der Waals surface area contributed by atoms with Crippen molar-refractivity contribution in [3.05, 3.63) is 46.5 Å². The van der Waals surface area contributed by atoms with Crippen molar-refractivity contribution >= 4 is 47.8 Å². The Labute approximate surface area is 150 Å². The molecule has 1 heterocycles. The first-order valence-electron chi connectivity index (χ1n) is 6.79. The molecule has 3 nitrogen and oxygen atoms in total. The zero-order valence-corrected chi connectivity index (χ0v) is 16.8. The molecule has 1 aromatic carbocycles. The molecule has 0 radical (unpaired) electrons. The molecule has 6 heteroatoms. The van der Waals surface area contributed by atoms with Gasteiger partial charge in [-0.05, 0) is 31.5 Å². The van der Waals surface area contributed by atoms with E-state index in [4.69, 9.17) is 0 Å². The van der Waals surface area contributed by atoms with Crippen LogP contribution in [0.1, 0.15) is 31.3 Å². The second kappa shape index (κ2) is 7.38. The second-order valence-corrected chi connectivity index (χ2v) is 7.48. The topological polar surface area (TPSA) is 30.7 Å². The Morgan fingerprint density at radius 1 is 1.14 bits per heavy atom. The Morgan fingerprint density at radius 2 is 1.76 bits per heavy atom. The van der Waals surface area contributed by atoms with Crippen molar-refractivity contribution in [3.63, 3.8) is 0 Å². The summed E-state index contributed by atoms with van der Waals surface area (Å²) < 4.78 is 3.09. The van der Waals surface area contributed by atoms with E-state index in [2.05, 4.69) is 96.0 Å². The van der Waals surface area contributed by atoms with E-state index in [1.165, 1.54) is 5.56 Å². The Kier molecular flexibility index (Phi) is 6.03. The van der Waals surface area contributed by atoms with Gasteiger partial charge in [-0.3, -0.25) is 0 Å². The molecule has 0 aliphatic heterocycles. The molecule has 0 N–H and O–H groups in total. The van der Waals surface area contributed by atoms with Crippen molar-refractivity contribution in [2.45, 2.75) is 31.7 Å². The fourth-order valence-corrected chi connectivity index (χ4v) is 4.56. The summed E-state index contributed by atoms with van der Waals surface area (Å²) in [4.78, 5) is 4.46. The van der Waals surface area contributed by atoms with E-state index in [1.807, 2.05) is 4.68 Å². The van der Waals surface area contributed by atoms with E-state index >= 15 is 0 Å². The fraction of sp³-hybridized carbons (Fsp3) is 0.467. The monoisotopic (exact) mass is 477 g/mol. The third-order valence-electron chi connectivity index (χ3n) is 3.60. The summed E-state index contributed by atoms with van der Waals surface area (Å²) in [7, 11) is 0. The third kappa shape index (κ3) is 3.77. The maximum absolute atomic E-state index is 4.46. The molecule has 0 unspecified atom stereocenters. The standard InChI is InChI=1S/C15H18Br3N3/c1-11(2)21-14(19-10-20-21)7-15(8-16,9-17)12-3-5-13(18)6-4-12/h3-6,10-11H,7-9H2,1-2H3. The normalized spacial score (nSPS) is 12.1. The SMILES string of the molecule is CC(C)n1ncnc1CC(CBr)(CBr)c1ccc(Br)cc1. The molecule has 0 fully saturated rings. The summed E-state index contributed by atoms with van der Waals surface area (Å²) >= 11 is 10.9. The summed E-state index contributed by atoms with van der Waals surface area (Å²) in [6.07, 6.45) is 2.48. The van der Waals surface area contributed by atoms with E-state index < -0.39 is 0 Å². The van der Waals surface area contributed by atoms with Crippen molar-refractivity contribution in [2.24, 2.45) is 0 Å². The lowest BCUT2D eigenvalue weighted by Gasteiger charge is -2.30. The van der Waals surface area contributed by atoms with Crippen LogP contribution in [0.5, 0.6) is 0 Å². The minimum atomic E-state index is -0.0413. The van der Waals surface area contributed by atoms with E-state index in [-0.39, 0.29) is 5.41 Å². The zero-order valence-electron chi connectivity index (χ0n) is 12.1. The minimum absolute atomic E-state index is 0.0413. The summed E-state index contributed by atoms with van der Waals surface area (Å²) in [5.41, 5.74) is 1.25. The lowest BCUT2D eigenvalue weighted by atomic mass is 9.81. The van der Waals surface area contributed by atoms with Crippen LogP contribution >= 0.6 is 47.8 Å². The van der Waals surface area contributed by atoms with Crippen LogP contribution < -0.4 is 0 Å². The summed E-state index contributed by atoms with van der Waals surface area (Å²) in [5.74, 6) is 1.02. The first-order chi connectivity index (χ1) is 10.0. The van der Waals surface area contributed by atoms with Gasteiger partial charge < -0.3 is 0 Å². The third-order valence-corrected chi connectivity index (χ3v) is 6.28. The lowest BCUT2D eigenvalue weighted by Crippen LogP contribution is -2.34. The van der Waals surface area contributed by atoms with Crippen LogP contribution in [0.3, 0.4) is 0 Å². The second-order valence-electron chi connectivity index (χ2n) is 5.45. The number of aromatic nitrogens is 3. The summed E-state index contributed by atoms with van der Waals surface area (Å²) in [5, 5.41) is 6.06. The summed E-state index contributed by atoms with van der Waals surface area (Å²) in [6, 6.07) is 8.83. The van der Waals surface area contributed by atoms with Crippen LogP contribution in [0.4, 0.5) is 0 Å². The van der Waals surface area contributed by atoms with Crippen molar-refractivity contribution in [3.8, 4) is 0 Å². The van der Waals surface area contributed by atoms with E-state index in [0.717, 1.165) is 27.4 Å². The Morgan fingerprint density at radius 3 is 2.29 bits per heavy atom. The van der Waals surface area contributed by atoms with Crippen LogP contribution in [0, 0.1) is 0 Å². The Hall–Kier alpha value is -0.200. The van der Waals surface area contributed by atoms with Crippen LogP contribution in [0.15, 0.2) is 35.1 Å². The minimum Gasteiger partial charge on any atom is -0.248 e. The van der Waals surface area contributed by atoms with Crippen LogP contribution in [0.25, 0.3) is 0 Å². The van der Waals surface area contributed by atoms with E-state index in [1.54, 1.807) is 6.33 Å². The van der Waals surface area contributed by atoms with Crippen molar-refractivity contribution < 1.29 is 0 Å². The molecule has 2 rings (SSSR count). The number of nitrogens with zero attached hydrogens (tertiary/aromatic N) is 3. The molecule has 0 saturated carbocycles. The van der Waals surface area contributed by atoms with Gasteiger partial charge in [0, 0.05) is 33.0 Å². The van der Waals surface area contributed by atoms with Crippen LogP contribution in [-0.2, 0) is 11.8 Å². The molecule has 0 atom stereocenters. The largest absolute Gasteiger partial charge is 0.248 e. The van der Waals surface area contributed by atoms with Gasteiger partial charge in [0.1, 0.15) is 12.2 Å². The average molecular weight is 480 g/mol. The van der Waals surface area contributed by atoms with Gasteiger partial charge in [0.2, 0.25) is 0 Å². The van der Waals surface area contributed by atoms with Gasteiger partial charge in [0.25, 0.3) is 0 Å². The highest BCUT2D eigenvalue weighted by molar-refractivity contribution is 9.10. The molecule has 2 aromatic rings. The van der Waals surface area contributed by atoms with Gasteiger partial charge in [-0.1, -0.05) is 59.9 Å². The maximum Gasteiger partial charge on any atom is 0.138 e. The van der Waals surface area contributed by atoms with Crippen LogP contribution in [-0.4, -0.2) is 25.4 Å². The highest BCUT2D eigenvalue weighted by Gasteiger charge is 2.32. The van der Waals surface area contributed by atoms with Gasteiger partial charge in [-0.2, -0.15) is 5.10 Å². The Bertz CT molecular complexity index is 574. The zero-order chi connectivity index (χ0) is 15.5. The highest BCUT2D eigenvalue weighted by atomic mass is 79.9. The van der Waals surface area contributed by atoms with Gasteiger partial charge >= 0.3 is 0 Å². The van der Waals surface area contributed by atoms with Gasteiger partial charge in [0.15, 0.2) is 0 Å². The number of hydrogen-bond acceptors (Lipinski definition) is 2. The van der Waals surface area contributed by atoms with Crippen molar-refractivity contribution in [1.82, 2.24) is 14.8 Å². The van der Waals surface area contributed by atoms with Gasteiger partial charge in [0.05, 0.1) is 0 Å². The first kappa shape index (κ1) is 17.2. The van der Waals surface area contributed by atoms with Gasteiger partial charge in [-0.25, -0.2) is 9.67 Å². The average Bonchev–Trinajstić information content (AvgIpc) is 2.94. The molecule has 0 spiro atoms. The highest BCUT2D eigenvalue weighted by Crippen LogP contribution is 2.33. The predicted molar refractivity (Wildman–Crippen MR) is 97.5 cm³/mol. The molecule has 0 saturated heterocycles. The fourth-order valence-electron chi connectivity index (χ4n) is 2.32. The first-order valence-corrected chi connectivity index (χ1v) is 9.82. The van der Waals surface area contributed by atoms with Crippen molar-refractivity contribution in [2.75, 3.05) is 10.7 Å². The maximum atomic E-state index is 4.46. The molecule has 114 valence electrons. The molecule has 0 bridgehead atoms. The lowest BCUT2D eigenvalue weighted by molar-refractivity contribution is 0.460. The van der Waals surface area contributed by atoms with Gasteiger partial charge in [-0.15, -0.1) is 0 Å². The molecular weight excluding hydrogens is 462 g/mol. The molecule has 21 heavy (non-hydrogen) atoms. The number of halogens is 3. The molecule has 0 aliphatic carbocycles. The quantitative estimate of drug-likeness (QED) is 0.552.